The SMILES string of the molecule is CC1(C)Cc2nc(C3CCN(c4ncc(N5CCC(O)CC5)cn4)CC3)c(C(F)c3ccc(C(F)(F)F)cc3)c(C3CCC(F)(F)CC3)c2[C@@H](O)C1. The molecular weight excluding hydrogens is 684 g/mol. The lowest BCUT2D eigenvalue weighted by Crippen LogP contribution is -2.37. The van der Waals surface area contributed by atoms with Crippen molar-refractivity contribution in [1.29, 1.82) is 0 Å². The number of aliphatic hydroxyl groups is 2. The molecule has 4 heterocycles. The van der Waals surface area contributed by atoms with Crippen molar-refractivity contribution in [2.75, 3.05) is 36.0 Å². The molecule has 0 spiro atoms. The summed E-state index contributed by atoms with van der Waals surface area (Å²) in [4.78, 5) is 18.6. The minimum absolute atomic E-state index is 0.0261. The summed E-state index contributed by atoms with van der Waals surface area (Å²) < 4.78 is 86.7. The van der Waals surface area contributed by atoms with Crippen LogP contribution in [0.2, 0.25) is 0 Å². The molecule has 2 atom stereocenters. The molecule has 52 heavy (non-hydrogen) atoms. The number of piperidine rings is 2. The van der Waals surface area contributed by atoms with Crippen LogP contribution in [0, 0.1) is 5.41 Å². The van der Waals surface area contributed by atoms with E-state index in [1.54, 1.807) is 12.4 Å². The maximum absolute atomic E-state index is 17.3. The van der Waals surface area contributed by atoms with E-state index in [0.29, 0.717) is 80.1 Å². The third-order valence-electron chi connectivity index (χ3n) is 11.7. The molecule has 7 rings (SSSR count). The summed E-state index contributed by atoms with van der Waals surface area (Å²) in [5.74, 6) is -2.95. The number of aromatic nitrogens is 3. The van der Waals surface area contributed by atoms with E-state index >= 15 is 4.39 Å². The molecule has 3 fully saturated rings. The number of alkyl halides is 6. The van der Waals surface area contributed by atoms with Crippen LogP contribution in [0.1, 0.15) is 135 Å². The zero-order valence-electron chi connectivity index (χ0n) is 29.6. The number of hydrogen-bond acceptors (Lipinski definition) is 7. The van der Waals surface area contributed by atoms with E-state index < -0.39 is 35.9 Å². The summed E-state index contributed by atoms with van der Waals surface area (Å²) in [6.07, 6.45) is -1.21. The van der Waals surface area contributed by atoms with Gasteiger partial charge in [0.05, 0.1) is 41.5 Å². The van der Waals surface area contributed by atoms with E-state index in [1.165, 1.54) is 0 Å². The largest absolute Gasteiger partial charge is 0.416 e. The van der Waals surface area contributed by atoms with Gasteiger partial charge in [0.1, 0.15) is 0 Å². The Labute approximate surface area is 300 Å². The molecule has 1 aromatic carbocycles. The van der Waals surface area contributed by atoms with Crippen LogP contribution < -0.4 is 9.80 Å². The second kappa shape index (κ2) is 14.1. The van der Waals surface area contributed by atoms with Gasteiger partial charge >= 0.3 is 6.18 Å². The lowest BCUT2D eigenvalue weighted by atomic mass is 9.68. The fourth-order valence-electron chi connectivity index (χ4n) is 8.83. The number of nitrogens with zero attached hydrogens (tertiary/aromatic N) is 5. The fraction of sp³-hybridized carbons (Fsp3) is 0.615. The molecule has 7 nitrogen and oxygen atoms in total. The zero-order valence-corrected chi connectivity index (χ0v) is 29.6. The minimum atomic E-state index is -4.59. The summed E-state index contributed by atoms with van der Waals surface area (Å²) in [5, 5.41) is 21.5. The molecule has 2 aromatic heterocycles. The molecule has 1 unspecified atom stereocenters. The maximum Gasteiger partial charge on any atom is 0.416 e. The van der Waals surface area contributed by atoms with Gasteiger partial charge < -0.3 is 20.0 Å². The second-order valence-corrected chi connectivity index (χ2v) is 16.1. The van der Waals surface area contributed by atoms with Crippen LogP contribution in [0.25, 0.3) is 0 Å². The highest BCUT2D eigenvalue weighted by Crippen LogP contribution is 2.52. The van der Waals surface area contributed by atoms with Gasteiger partial charge in [-0.1, -0.05) is 26.0 Å². The van der Waals surface area contributed by atoms with Gasteiger partial charge in [-0.3, -0.25) is 4.98 Å². The topological polar surface area (TPSA) is 85.6 Å². The highest BCUT2D eigenvalue weighted by molar-refractivity contribution is 5.52. The van der Waals surface area contributed by atoms with Crippen LogP contribution in [0.4, 0.5) is 38.0 Å². The number of fused-ring (bicyclic) bond motifs is 1. The Hall–Kier alpha value is -3.45. The molecule has 2 saturated heterocycles. The van der Waals surface area contributed by atoms with Crippen molar-refractivity contribution in [3.8, 4) is 0 Å². The lowest BCUT2D eigenvalue weighted by molar-refractivity contribution is -0.137. The normalized spacial score (nSPS) is 23.8. The first-order valence-corrected chi connectivity index (χ1v) is 18.5. The Morgan fingerprint density at radius 1 is 0.808 bits per heavy atom. The Morgan fingerprint density at radius 2 is 1.40 bits per heavy atom. The molecule has 2 aliphatic carbocycles. The van der Waals surface area contributed by atoms with E-state index in [2.05, 4.69) is 19.8 Å². The van der Waals surface area contributed by atoms with Crippen molar-refractivity contribution in [3.05, 3.63) is 75.9 Å². The molecule has 0 bridgehead atoms. The lowest BCUT2D eigenvalue weighted by Gasteiger charge is -2.41. The summed E-state index contributed by atoms with van der Waals surface area (Å²) in [6.45, 7) is 6.63. The molecular formula is C39H47F6N5O2. The van der Waals surface area contributed by atoms with Crippen molar-refractivity contribution in [2.24, 2.45) is 5.41 Å². The Morgan fingerprint density at radius 3 is 2.00 bits per heavy atom. The number of hydrogen-bond donors (Lipinski definition) is 2. The van der Waals surface area contributed by atoms with Crippen molar-refractivity contribution in [2.45, 2.75) is 120 Å². The standard InChI is InChI=1S/C39H47F6N5O2/c1-37(2)19-29-32(30(52)20-37)31(23-7-13-38(41,42)14-8-23)33(34(40)24-3-5-26(6-4-24)39(43,44)45)35(48-29)25-9-15-50(16-10-25)36-46-21-27(22-47-36)49-17-11-28(51)12-18-49/h3-6,21-23,25,28,30,34,51-52H,7-20H2,1-2H3/t30-,34?/m0/s1. The van der Waals surface area contributed by atoms with E-state index in [1.807, 2.05) is 13.8 Å². The quantitative estimate of drug-likeness (QED) is 0.246. The van der Waals surface area contributed by atoms with Crippen LogP contribution in [0.5, 0.6) is 0 Å². The van der Waals surface area contributed by atoms with Crippen molar-refractivity contribution in [1.82, 2.24) is 15.0 Å². The Balaban J connectivity index is 1.25. The van der Waals surface area contributed by atoms with Gasteiger partial charge in [-0.05, 0) is 86.0 Å². The van der Waals surface area contributed by atoms with Crippen molar-refractivity contribution < 1.29 is 36.6 Å². The molecule has 13 heteroatoms. The number of benzene rings is 1. The average molecular weight is 732 g/mol. The van der Waals surface area contributed by atoms with Crippen LogP contribution >= 0.6 is 0 Å². The van der Waals surface area contributed by atoms with Gasteiger partial charge in [-0.25, -0.2) is 23.1 Å². The molecule has 2 N–H and O–H groups in total. The third kappa shape index (κ3) is 7.62. The third-order valence-corrected chi connectivity index (χ3v) is 11.7. The second-order valence-electron chi connectivity index (χ2n) is 16.1. The first-order chi connectivity index (χ1) is 24.6. The zero-order chi connectivity index (χ0) is 37.0. The van der Waals surface area contributed by atoms with Crippen LogP contribution in [-0.2, 0) is 12.6 Å². The minimum Gasteiger partial charge on any atom is -0.393 e. The number of pyridine rings is 1. The van der Waals surface area contributed by atoms with Crippen molar-refractivity contribution in [3.63, 3.8) is 0 Å². The number of aliphatic hydroxyl groups excluding tert-OH is 2. The highest BCUT2D eigenvalue weighted by Gasteiger charge is 2.44. The van der Waals surface area contributed by atoms with E-state index in [-0.39, 0.29) is 54.2 Å². The van der Waals surface area contributed by atoms with E-state index in [9.17, 15) is 32.2 Å². The number of halogens is 6. The smallest absolute Gasteiger partial charge is 0.393 e. The van der Waals surface area contributed by atoms with Gasteiger partial charge in [-0.2, -0.15) is 13.2 Å². The van der Waals surface area contributed by atoms with Gasteiger partial charge in [0.25, 0.3) is 0 Å². The molecule has 3 aromatic rings. The van der Waals surface area contributed by atoms with Crippen molar-refractivity contribution >= 4 is 11.6 Å². The Bertz CT molecular complexity index is 1710. The van der Waals surface area contributed by atoms with Crippen LogP contribution in [0.3, 0.4) is 0 Å². The average Bonchev–Trinajstić information content (AvgIpc) is 3.10. The number of anilines is 2. The maximum atomic E-state index is 17.3. The molecule has 4 aliphatic rings. The monoisotopic (exact) mass is 731 g/mol. The van der Waals surface area contributed by atoms with Gasteiger partial charge in [0.15, 0.2) is 6.17 Å². The highest BCUT2D eigenvalue weighted by atomic mass is 19.4. The molecule has 282 valence electrons. The molecule has 0 radical (unpaired) electrons. The van der Waals surface area contributed by atoms with Crippen LogP contribution in [-0.4, -0.2) is 63.4 Å². The van der Waals surface area contributed by atoms with Gasteiger partial charge in [-0.15, -0.1) is 0 Å². The summed E-state index contributed by atoms with van der Waals surface area (Å²) >= 11 is 0. The molecule has 0 amide bonds. The fourth-order valence-corrected chi connectivity index (χ4v) is 8.83. The summed E-state index contributed by atoms with van der Waals surface area (Å²) in [5.41, 5.74) is 2.14. The predicted molar refractivity (Wildman–Crippen MR) is 186 cm³/mol. The van der Waals surface area contributed by atoms with E-state index in [0.717, 1.165) is 43.0 Å². The first kappa shape index (κ1) is 36.9. The Kier molecular flexibility index (Phi) is 9.99. The predicted octanol–water partition coefficient (Wildman–Crippen LogP) is 8.59. The summed E-state index contributed by atoms with van der Waals surface area (Å²) in [6, 6.07) is 4.02. The summed E-state index contributed by atoms with van der Waals surface area (Å²) in [7, 11) is 0. The van der Waals surface area contributed by atoms with E-state index in [4.69, 9.17) is 4.98 Å². The number of rotatable bonds is 6. The van der Waals surface area contributed by atoms with Crippen LogP contribution in [0.15, 0.2) is 36.7 Å². The first-order valence-electron chi connectivity index (χ1n) is 18.5. The van der Waals surface area contributed by atoms with Gasteiger partial charge in [0.2, 0.25) is 11.9 Å². The molecule has 2 aliphatic heterocycles. The molecule has 1 saturated carbocycles. The van der Waals surface area contributed by atoms with Gasteiger partial charge in [0, 0.05) is 61.8 Å².